The van der Waals surface area contributed by atoms with E-state index in [0.29, 0.717) is 27.6 Å². The highest BCUT2D eigenvalue weighted by atomic mass is 32.2. The van der Waals surface area contributed by atoms with Crippen LogP contribution in [-0.4, -0.2) is 16.0 Å². The standard InChI is InChI=1S/C19H15N3O2S/c1-3-14-6-4-7-15(11-14)21-18(23)17-8-5-9-20-19(17)25-12-16-10-13(2)24-22-16/h1,4-11H,12H2,2H3,(H,21,23). The van der Waals surface area contributed by atoms with E-state index in [1.54, 1.807) is 42.6 Å². The van der Waals surface area contributed by atoms with E-state index in [0.717, 1.165) is 11.5 Å². The van der Waals surface area contributed by atoms with Crippen LogP contribution in [0.1, 0.15) is 27.4 Å². The maximum Gasteiger partial charge on any atom is 0.258 e. The van der Waals surface area contributed by atoms with Crippen molar-refractivity contribution in [1.29, 1.82) is 0 Å². The van der Waals surface area contributed by atoms with Crippen LogP contribution in [0.4, 0.5) is 5.69 Å². The van der Waals surface area contributed by atoms with Crippen molar-refractivity contribution in [2.75, 3.05) is 5.32 Å². The number of carbonyl (C=O) groups excluding carboxylic acids is 1. The number of nitrogens with one attached hydrogen (secondary N) is 1. The molecule has 3 aromatic rings. The number of anilines is 1. The first kappa shape index (κ1) is 16.8. The summed E-state index contributed by atoms with van der Waals surface area (Å²) in [4.78, 5) is 16.9. The van der Waals surface area contributed by atoms with Crippen molar-refractivity contribution in [3.8, 4) is 12.3 Å². The van der Waals surface area contributed by atoms with Crippen molar-refractivity contribution in [2.24, 2.45) is 0 Å². The molecule has 0 aliphatic rings. The van der Waals surface area contributed by atoms with Gasteiger partial charge < -0.3 is 9.84 Å². The number of terminal acetylenes is 1. The van der Waals surface area contributed by atoms with Crippen molar-refractivity contribution in [3.05, 3.63) is 71.2 Å². The molecule has 0 aliphatic carbocycles. The fraction of sp³-hybridized carbons (Fsp3) is 0.105. The lowest BCUT2D eigenvalue weighted by molar-refractivity contribution is 0.102. The summed E-state index contributed by atoms with van der Waals surface area (Å²) >= 11 is 1.43. The molecule has 0 unspecified atom stereocenters. The minimum absolute atomic E-state index is 0.235. The molecule has 25 heavy (non-hydrogen) atoms. The number of pyridine rings is 1. The molecule has 0 bridgehead atoms. The summed E-state index contributed by atoms with van der Waals surface area (Å²) in [5.41, 5.74) is 2.66. The van der Waals surface area contributed by atoms with Crippen LogP contribution in [0.15, 0.2) is 58.2 Å². The SMILES string of the molecule is C#Cc1cccc(NC(=O)c2cccnc2SCc2cc(C)on2)c1. The van der Waals surface area contributed by atoms with E-state index in [4.69, 9.17) is 10.9 Å². The molecule has 0 aliphatic heterocycles. The molecule has 2 heterocycles. The minimum atomic E-state index is -0.235. The Kier molecular flexibility index (Phi) is 5.17. The number of rotatable bonds is 5. The smallest absolute Gasteiger partial charge is 0.258 e. The Hall–Kier alpha value is -3.04. The van der Waals surface area contributed by atoms with Crippen molar-refractivity contribution >= 4 is 23.4 Å². The molecule has 1 N–H and O–H groups in total. The van der Waals surface area contributed by atoms with Crippen LogP contribution in [0.25, 0.3) is 0 Å². The van der Waals surface area contributed by atoms with Gasteiger partial charge in [0, 0.05) is 29.3 Å². The largest absolute Gasteiger partial charge is 0.361 e. The summed E-state index contributed by atoms with van der Waals surface area (Å²) in [5.74, 6) is 3.64. The zero-order valence-corrected chi connectivity index (χ0v) is 14.3. The monoisotopic (exact) mass is 349 g/mol. The van der Waals surface area contributed by atoms with E-state index >= 15 is 0 Å². The van der Waals surface area contributed by atoms with Gasteiger partial charge in [-0.25, -0.2) is 4.98 Å². The van der Waals surface area contributed by atoms with Gasteiger partial charge in [0.15, 0.2) is 0 Å². The molecule has 0 saturated carbocycles. The second-order valence-corrected chi connectivity index (χ2v) is 6.22. The van der Waals surface area contributed by atoms with Crippen LogP contribution in [0, 0.1) is 19.3 Å². The van der Waals surface area contributed by atoms with Gasteiger partial charge in [-0.15, -0.1) is 6.42 Å². The molecule has 1 aromatic carbocycles. The van der Waals surface area contributed by atoms with Crippen LogP contribution < -0.4 is 5.32 Å². The molecule has 2 aromatic heterocycles. The molecule has 0 fully saturated rings. The van der Waals surface area contributed by atoms with Gasteiger partial charge in [0.05, 0.1) is 11.3 Å². The van der Waals surface area contributed by atoms with Gasteiger partial charge in [0.1, 0.15) is 10.8 Å². The van der Waals surface area contributed by atoms with Gasteiger partial charge in [-0.2, -0.15) is 0 Å². The zero-order valence-electron chi connectivity index (χ0n) is 13.5. The van der Waals surface area contributed by atoms with Gasteiger partial charge in [-0.3, -0.25) is 4.79 Å². The summed E-state index contributed by atoms with van der Waals surface area (Å²) < 4.78 is 5.05. The highest BCUT2D eigenvalue weighted by molar-refractivity contribution is 7.98. The molecule has 0 radical (unpaired) electrons. The van der Waals surface area contributed by atoms with Crippen LogP contribution in [0.5, 0.6) is 0 Å². The third kappa shape index (κ3) is 4.28. The second kappa shape index (κ2) is 7.69. The Balaban J connectivity index is 1.75. The highest BCUT2D eigenvalue weighted by Crippen LogP contribution is 2.25. The molecule has 5 nitrogen and oxygen atoms in total. The number of thioether (sulfide) groups is 1. The lowest BCUT2D eigenvalue weighted by Gasteiger charge is -2.09. The molecule has 124 valence electrons. The van der Waals surface area contributed by atoms with Gasteiger partial charge in [-0.05, 0) is 37.3 Å². The number of carbonyl (C=O) groups is 1. The Bertz CT molecular complexity index is 944. The van der Waals surface area contributed by atoms with Crippen LogP contribution >= 0.6 is 11.8 Å². The normalized spacial score (nSPS) is 10.2. The quantitative estimate of drug-likeness (QED) is 0.559. The third-order valence-corrected chi connectivity index (χ3v) is 4.38. The lowest BCUT2D eigenvalue weighted by Crippen LogP contribution is -2.13. The fourth-order valence-electron chi connectivity index (χ4n) is 2.19. The van der Waals surface area contributed by atoms with Crippen molar-refractivity contribution in [3.63, 3.8) is 0 Å². The average Bonchev–Trinajstić information content (AvgIpc) is 3.05. The molecule has 0 spiro atoms. The molecular formula is C19H15N3O2S. The van der Waals surface area contributed by atoms with Gasteiger partial charge >= 0.3 is 0 Å². The predicted octanol–water partition coefficient (Wildman–Crippen LogP) is 3.90. The molecule has 3 rings (SSSR count). The number of hydrogen-bond donors (Lipinski definition) is 1. The van der Waals surface area contributed by atoms with Gasteiger partial charge in [0.25, 0.3) is 5.91 Å². The Morgan fingerprint density at radius 1 is 1.32 bits per heavy atom. The molecule has 0 saturated heterocycles. The molecular weight excluding hydrogens is 334 g/mol. The molecule has 0 atom stereocenters. The lowest BCUT2D eigenvalue weighted by atomic mass is 10.2. The number of aryl methyl sites for hydroxylation is 1. The first-order valence-electron chi connectivity index (χ1n) is 7.54. The summed E-state index contributed by atoms with van der Waals surface area (Å²) in [7, 11) is 0. The predicted molar refractivity (Wildman–Crippen MR) is 97.4 cm³/mol. The Morgan fingerprint density at radius 3 is 2.96 bits per heavy atom. The maximum atomic E-state index is 12.6. The van der Waals surface area contributed by atoms with E-state index in [1.807, 2.05) is 13.0 Å². The topological polar surface area (TPSA) is 68.0 Å². The number of benzene rings is 1. The highest BCUT2D eigenvalue weighted by Gasteiger charge is 2.14. The van der Waals surface area contributed by atoms with E-state index < -0.39 is 0 Å². The summed E-state index contributed by atoms with van der Waals surface area (Å²) in [6.45, 7) is 1.84. The maximum absolute atomic E-state index is 12.6. The Morgan fingerprint density at radius 2 is 2.20 bits per heavy atom. The van der Waals surface area contributed by atoms with E-state index in [-0.39, 0.29) is 5.91 Å². The van der Waals surface area contributed by atoms with E-state index in [2.05, 4.69) is 21.4 Å². The van der Waals surface area contributed by atoms with Crippen LogP contribution in [0.2, 0.25) is 0 Å². The fourth-order valence-corrected chi connectivity index (χ4v) is 3.06. The summed E-state index contributed by atoms with van der Waals surface area (Å²) in [6.07, 6.45) is 7.05. The number of nitrogens with zero attached hydrogens (tertiary/aromatic N) is 2. The van der Waals surface area contributed by atoms with Crippen molar-refractivity contribution in [2.45, 2.75) is 17.7 Å². The van der Waals surface area contributed by atoms with Crippen LogP contribution in [-0.2, 0) is 5.75 Å². The first-order chi connectivity index (χ1) is 12.2. The average molecular weight is 349 g/mol. The Labute approximate surface area is 149 Å². The van der Waals surface area contributed by atoms with Crippen molar-refractivity contribution < 1.29 is 9.32 Å². The summed E-state index contributed by atoms with van der Waals surface area (Å²) in [5, 5.41) is 7.44. The third-order valence-electron chi connectivity index (χ3n) is 3.34. The first-order valence-corrected chi connectivity index (χ1v) is 8.52. The minimum Gasteiger partial charge on any atom is -0.361 e. The van der Waals surface area contributed by atoms with Gasteiger partial charge in [-0.1, -0.05) is 28.9 Å². The van der Waals surface area contributed by atoms with Crippen molar-refractivity contribution in [1.82, 2.24) is 10.1 Å². The zero-order chi connectivity index (χ0) is 17.6. The molecule has 1 amide bonds. The number of aromatic nitrogens is 2. The second-order valence-electron chi connectivity index (χ2n) is 5.25. The van der Waals surface area contributed by atoms with E-state index in [1.165, 1.54) is 11.8 Å². The number of hydrogen-bond acceptors (Lipinski definition) is 5. The molecule has 6 heteroatoms. The number of amides is 1. The van der Waals surface area contributed by atoms with Gasteiger partial charge in [0.2, 0.25) is 0 Å². The van der Waals surface area contributed by atoms with E-state index in [9.17, 15) is 4.79 Å². The summed E-state index contributed by atoms with van der Waals surface area (Å²) in [6, 6.07) is 12.5. The van der Waals surface area contributed by atoms with Crippen LogP contribution in [0.3, 0.4) is 0 Å².